The molecule has 0 aliphatic carbocycles. The first-order valence-electron chi connectivity index (χ1n) is 6.83. The number of hydrogen-bond acceptors (Lipinski definition) is 7. The lowest BCUT2D eigenvalue weighted by Crippen LogP contribution is -2.19. The predicted octanol–water partition coefficient (Wildman–Crippen LogP) is 2.89. The minimum Gasteiger partial charge on any atom is -0.351 e. The number of thiophene rings is 1. The maximum Gasteiger partial charge on any atom is 0.226 e. The molecule has 7 heteroatoms. The average Bonchev–Trinajstić information content (AvgIpc) is 3.04. The number of nitrogens with zero attached hydrogens (tertiary/aromatic N) is 5. The van der Waals surface area contributed by atoms with Crippen molar-refractivity contribution in [1.82, 2.24) is 20.1 Å². The Kier molecular flexibility index (Phi) is 3.59. The number of anilines is 1. The number of fused-ring (bicyclic) bond motifs is 1. The molecule has 0 aliphatic heterocycles. The number of rotatable bonds is 4. The van der Waals surface area contributed by atoms with Gasteiger partial charge < -0.3 is 9.42 Å². The van der Waals surface area contributed by atoms with Crippen molar-refractivity contribution < 1.29 is 4.52 Å². The summed E-state index contributed by atoms with van der Waals surface area (Å²) in [4.78, 5) is 17.5. The highest BCUT2D eigenvalue weighted by atomic mass is 32.1. The van der Waals surface area contributed by atoms with E-state index < -0.39 is 0 Å². The van der Waals surface area contributed by atoms with Gasteiger partial charge in [0.05, 0.1) is 11.9 Å². The minimum atomic E-state index is 0.559. The normalized spacial score (nSPS) is 11.2. The molecule has 0 unspecified atom stereocenters. The third-order valence-electron chi connectivity index (χ3n) is 3.50. The van der Waals surface area contributed by atoms with E-state index in [1.54, 1.807) is 17.7 Å². The van der Waals surface area contributed by atoms with Crippen LogP contribution in [0.5, 0.6) is 0 Å². The average molecular weight is 303 g/mol. The van der Waals surface area contributed by atoms with Gasteiger partial charge in [-0.05, 0) is 19.4 Å². The van der Waals surface area contributed by atoms with Crippen molar-refractivity contribution in [2.75, 3.05) is 11.9 Å². The maximum absolute atomic E-state index is 5.15. The molecule has 0 amide bonds. The van der Waals surface area contributed by atoms with Crippen molar-refractivity contribution >= 4 is 27.4 Å². The van der Waals surface area contributed by atoms with Crippen LogP contribution in [0.4, 0.5) is 5.82 Å². The van der Waals surface area contributed by atoms with Gasteiger partial charge in [-0.3, -0.25) is 0 Å². The Labute approximate surface area is 126 Å². The molecular weight excluding hydrogens is 286 g/mol. The number of aromatic nitrogens is 4. The lowest BCUT2D eigenvalue weighted by molar-refractivity contribution is 0.376. The molecule has 3 aromatic heterocycles. The molecule has 0 saturated heterocycles. The zero-order valence-corrected chi connectivity index (χ0v) is 13.4. The molecule has 0 bridgehead atoms. The molecular formula is C14H17N5OS. The third-order valence-corrected chi connectivity index (χ3v) is 4.61. The van der Waals surface area contributed by atoms with Gasteiger partial charge in [-0.15, -0.1) is 11.3 Å². The predicted molar refractivity (Wildman–Crippen MR) is 82.7 cm³/mol. The van der Waals surface area contributed by atoms with Gasteiger partial charge in [-0.1, -0.05) is 12.1 Å². The summed E-state index contributed by atoms with van der Waals surface area (Å²) in [5, 5.41) is 5.10. The van der Waals surface area contributed by atoms with Gasteiger partial charge in [-0.25, -0.2) is 9.97 Å². The monoisotopic (exact) mass is 303 g/mol. The highest BCUT2D eigenvalue weighted by Gasteiger charge is 2.16. The van der Waals surface area contributed by atoms with E-state index >= 15 is 0 Å². The first-order chi connectivity index (χ1) is 10.1. The second-order valence-corrected chi connectivity index (χ2v) is 6.18. The minimum absolute atomic E-state index is 0.559. The van der Waals surface area contributed by atoms with Crippen LogP contribution in [0.15, 0.2) is 10.9 Å². The van der Waals surface area contributed by atoms with E-state index in [-0.39, 0.29) is 0 Å². The Morgan fingerprint density at radius 3 is 2.81 bits per heavy atom. The van der Waals surface area contributed by atoms with E-state index in [1.165, 1.54) is 10.4 Å². The Balaban J connectivity index is 1.95. The van der Waals surface area contributed by atoms with Crippen LogP contribution in [-0.2, 0) is 13.0 Å². The van der Waals surface area contributed by atoms with Crippen molar-refractivity contribution in [1.29, 1.82) is 0 Å². The smallest absolute Gasteiger partial charge is 0.226 e. The van der Waals surface area contributed by atoms with Crippen molar-refractivity contribution in [3.05, 3.63) is 28.5 Å². The molecule has 110 valence electrons. The van der Waals surface area contributed by atoms with Gasteiger partial charge in [0.15, 0.2) is 5.82 Å². The van der Waals surface area contributed by atoms with E-state index in [1.807, 2.05) is 18.9 Å². The van der Waals surface area contributed by atoms with Crippen molar-refractivity contribution in [3.8, 4) is 0 Å². The molecule has 3 rings (SSSR count). The number of aryl methyl sites for hydroxylation is 3. The lowest BCUT2D eigenvalue weighted by atomic mass is 10.2. The SMILES string of the molecule is CCc1nc(CN(C)c2ncnc3sc(C)c(C)c23)no1. The fraction of sp³-hybridized carbons (Fsp3) is 0.429. The van der Waals surface area contributed by atoms with Crippen molar-refractivity contribution in [3.63, 3.8) is 0 Å². The first kappa shape index (κ1) is 13.9. The van der Waals surface area contributed by atoms with Crippen LogP contribution in [-0.4, -0.2) is 27.2 Å². The first-order valence-corrected chi connectivity index (χ1v) is 7.65. The van der Waals surface area contributed by atoms with Crippen LogP contribution in [0.2, 0.25) is 0 Å². The van der Waals surface area contributed by atoms with E-state index in [0.717, 1.165) is 22.5 Å². The largest absolute Gasteiger partial charge is 0.351 e. The second-order valence-electron chi connectivity index (χ2n) is 4.97. The summed E-state index contributed by atoms with van der Waals surface area (Å²) >= 11 is 1.70. The van der Waals surface area contributed by atoms with Gasteiger partial charge in [0.1, 0.15) is 17.0 Å². The molecule has 0 saturated carbocycles. The van der Waals surface area contributed by atoms with Crippen LogP contribution in [0, 0.1) is 13.8 Å². The highest BCUT2D eigenvalue weighted by Crippen LogP contribution is 2.34. The number of hydrogen-bond donors (Lipinski definition) is 0. The fourth-order valence-electron chi connectivity index (χ4n) is 2.24. The van der Waals surface area contributed by atoms with Gasteiger partial charge >= 0.3 is 0 Å². The summed E-state index contributed by atoms with van der Waals surface area (Å²) in [6.07, 6.45) is 2.36. The van der Waals surface area contributed by atoms with Crippen LogP contribution in [0.25, 0.3) is 10.2 Å². The molecule has 0 fully saturated rings. The molecule has 0 radical (unpaired) electrons. The topological polar surface area (TPSA) is 67.9 Å². The maximum atomic E-state index is 5.15. The Morgan fingerprint density at radius 1 is 1.29 bits per heavy atom. The summed E-state index contributed by atoms with van der Waals surface area (Å²) < 4.78 is 5.15. The van der Waals surface area contributed by atoms with Gasteiger partial charge in [0.25, 0.3) is 0 Å². The molecule has 0 atom stereocenters. The molecule has 21 heavy (non-hydrogen) atoms. The standard InChI is InChI=1S/C14H17N5OS/c1-5-11-17-10(18-20-11)6-19(4)13-12-8(2)9(3)21-14(12)16-7-15-13/h7H,5-6H2,1-4H3. The summed E-state index contributed by atoms with van der Waals surface area (Å²) in [5.41, 5.74) is 1.24. The quantitative estimate of drug-likeness (QED) is 0.738. The van der Waals surface area contributed by atoms with E-state index in [0.29, 0.717) is 18.3 Å². The Hall–Kier alpha value is -2.02. The van der Waals surface area contributed by atoms with Crippen LogP contribution in [0.1, 0.15) is 29.1 Å². The summed E-state index contributed by atoms with van der Waals surface area (Å²) in [6.45, 7) is 6.77. The van der Waals surface area contributed by atoms with Gasteiger partial charge in [0, 0.05) is 18.3 Å². The van der Waals surface area contributed by atoms with Crippen molar-refractivity contribution in [2.24, 2.45) is 0 Å². The van der Waals surface area contributed by atoms with E-state index in [2.05, 4.69) is 34.0 Å². The van der Waals surface area contributed by atoms with Crippen LogP contribution < -0.4 is 4.90 Å². The fourth-order valence-corrected chi connectivity index (χ4v) is 3.23. The molecule has 3 aromatic rings. The highest BCUT2D eigenvalue weighted by molar-refractivity contribution is 7.18. The molecule has 0 spiro atoms. The summed E-state index contributed by atoms with van der Waals surface area (Å²) in [6, 6.07) is 0. The zero-order valence-electron chi connectivity index (χ0n) is 12.5. The molecule has 6 nitrogen and oxygen atoms in total. The zero-order chi connectivity index (χ0) is 15.0. The molecule has 3 heterocycles. The molecule has 0 aliphatic rings. The molecule has 0 N–H and O–H groups in total. The summed E-state index contributed by atoms with van der Waals surface area (Å²) in [7, 11) is 1.98. The third kappa shape index (κ3) is 2.49. The van der Waals surface area contributed by atoms with E-state index in [4.69, 9.17) is 4.52 Å². The Bertz CT molecular complexity index is 779. The Morgan fingerprint density at radius 2 is 2.10 bits per heavy atom. The van der Waals surface area contributed by atoms with Gasteiger partial charge in [0.2, 0.25) is 5.89 Å². The summed E-state index contributed by atoms with van der Waals surface area (Å²) in [5.74, 6) is 2.24. The van der Waals surface area contributed by atoms with Crippen molar-refractivity contribution in [2.45, 2.75) is 33.7 Å². The molecule has 0 aromatic carbocycles. The van der Waals surface area contributed by atoms with Crippen LogP contribution >= 0.6 is 11.3 Å². The second kappa shape index (κ2) is 5.40. The lowest BCUT2D eigenvalue weighted by Gasteiger charge is -2.17. The van der Waals surface area contributed by atoms with Gasteiger partial charge in [-0.2, -0.15) is 4.98 Å². The van der Waals surface area contributed by atoms with E-state index in [9.17, 15) is 0 Å². The van der Waals surface area contributed by atoms with Crippen LogP contribution in [0.3, 0.4) is 0 Å².